The third-order valence-electron chi connectivity index (χ3n) is 4.97. The van der Waals surface area contributed by atoms with Gasteiger partial charge >= 0.3 is 0 Å². The fourth-order valence-corrected chi connectivity index (χ4v) is 3.24. The summed E-state index contributed by atoms with van der Waals surface area (Å²) in [7, 11) is 0. The zero-order chi connectivity index (χ0) is 19.9. The smallest absolute Gasteiger partial charge is 0.257 e. The van der Waals surface area contributed by atoms with Crippen LogP contribution < -0.4 is 10.6 Å². The third kappa shape index (κ3) is 5.42. The van der Waals surface area contributed by atoms with Crippen molar-refractivity contribution in [1.82, 2.24) is 5.32 Å². The van der Waals surface area contributed by atoms with Gasteiger partial charge in [0.05, 0.1) is 12.6 Å². The molecule has 0 aromatic heterocycles. The maximum Gasteiger partial charge on any atom is 0.257 e. The molecule has 0 aliphatic carbocycles. The van der Waals surface area contributed by atoms with Crippen molar-refractivity contribution in [2.45, 2.75) is 46.1 Å². The molecule has 0 spiro atoms. The molecule has 148 valence electrons. The molecule has 1 amide bonds. The number of amides is 1. The van der Waals surface area contributed by atoms with Crippen LogP contribution in [0.3, 0.4) is 0 Å². The minimum absolute atomic E-state index is 0.122. The molecule has 2 aromatic rings. The van der Waals surface area contributed by atoms with Crippen molar-refractivity contribution in [3.05, 3.63) is 64.7 Å². The molecule has 1 heterocycles. The van der Waals surface area contributed by atoms with Gasteiger partial charge < -0.3 is 10.1 Å². The van der Waals surface area contributed by atoms with E-state index in [1.807, 2.05) is 43.3 Å². The lowest BCUT2D eigenvalue weighted by Gasteiger charge is -2.15. The number of aliphatic imine (C=N–C) groups is 1. The molecule has 1 aliphatic rings. The number of carbonyl (C=O) groups excluding carboxylic acids is 1. The second-order valence-electron chi connectivity index (χ2n) is 7.27. The summed E-state index contributed by atoms with van der Waals surface area (Å²) < 4.78 is 5.66. The van der Waals surface area contributed by atoms with Gasteiger partial charge in [0.1, 0.15) is 0 Å². The average Bonchev–Trinajstić information content (AvgIpc) is 3.22. The number of carbonyl (C=O) groups is 1. The lowest BCUT2D eigenvalue weighted by atomic mass is 10.1. The summed E-state index contributed by atoms with van der Waals surface area (Å²) in [5, 5.41) is 6.21. The standard InChI is InChI=1S/C23H29N3O2/c1-4-18-8-10-19(11-9-18)22(27)26-23(24-15-20-6-5-13-28-20)25-21-12-7-16(2)14-17(21)3/h7-12,14,20H,4-6,13,15H2,1-3H3,(H2,24,25,26,27). The van der Waals surface area contributed by atoms with Crippen LogP contribution in [0.5, 0.6) is 0 Å². The number of ether oxygens (including phenoxy) is 1. The number of nitrogens with zero attached hydrogens (tertiary/aromatic N) is 1. The van der Waals surface area contributed by atoms with Crippen molar-refractivity contribution in [1.29, 1.82) is 0 Å². The number of aryl methyl sites for hydroxylation is 3. The van der Waals surface area contributed by atoms with Gasteiger partial charge in [-0.1, -0.05) is 36.8 Å². The van der Waals surface area contributed by atoms with E-state index in [0.29, 0.717) is 18.1 Å². The summed E-state index contributed by atoms with van der Waals surface area (Å²) in [5.74, 6) is 0.276. The van der Waals surface area contributed by atoms with Crippen LogP contribution in [-0.4, -0.2) is 31.1 Å². The molecular formula is C23H29N3O2. The van der Waals surface area contributed by atoms with Crippen molar-refractivity contribution in [3.8, 4) is 0 Å². The Morgan fingerprint density at radius 2 is 1.96 bits per heavy atom. The predicted octanol–water partition coefficient (Wildman–Crippen LogP) is 4.24. The highest BCUT2D eigenvalue weighted by Gasteiger charge is 2.16. The van der Waals surface area contributed by atoms with Crippen LogP contribution in [0.4, 0.5) is 5.69 Å². The quantitative estimate of drug-likeness (QED) is 0.603. The molecule has 0 bridgehead atoms. The zero-order valence-corrected chi connectivity index (χ0v) is 16.9. The molecule has 1 saturated heterocycles. The second-order valence-corrected chi connectivity index (χ2v) is 7.27. The number of hydrogen-bond donors (Lipinski definition) is 2. The molecule has 5 nitrogen and oxygen atoms in total. The topological polar surface area (TPSA) is 62.7 Å². The Morgan fingerprint density at radius 1 is 1.18 bits per heavy atom. The lowest BCUT2D eigenvalue weighted by molar-refractivity contribution is 0.0975. The van der Waals surface area contributed by atoms with E-state index in [-0.39, 0.29) is 12.0 Å². The third-order valence-corrected chi connectivity index (χ3v) is 4.97. The fraction of sp³-hybridized carbons (Fsp3) is 0.391. The zero-order valence-electron chi connectivity index (χ0n) is 16.9. The van der Waals surface area contributed by atoms with E-state index in [2.05, 4.69) is 35.5 Å². The number of benzene rings is 2. The summed E-state index contributed by atoms with van der Waals surface area (Å²) in [6.07, 6.45) is 3.14. The Morgan fingerprint density at radius 3 is 2.61 bits per heavy atom. The molecule has 0 radical (unpaired) electrons. The first-order valence-corrected chi connectivity index (χ1v) is 9.95. The normalized spacial score (nSPS) is 16.8. The monoisotopic (exact) mass is 379 g/mol. The first kappa shape index (κ1) is 20.1. The van der Waals surface area contributed by atoms with Gasteiger partial charge in [-0.25, -0.2) is 4.99 Å². The summed E-state index contributed by atoms with van der Waals surface area (Å²) in [6, 6.07) is 13.8. The van der Waals surface area contributed by atoms with Gasteiger partial charge in [-0.2, -0.15) is 0 Å². The van der Waals surface area contributed by atoms with Crippen molar-refractivity contribution in [3.63, 3.8) is 0 Å². The molecule has 1 unspecified atom stereocenters. The Bertz CT molecular complexity index is 837. The molecule has 2 aromatic carbocycles. The van der Waals surface area contributed by atoms with E-state index in [9.17, 15) is 4.79 Å². The minimum Gasteiger partial charge on any atom is -0.376 e. The highest BCUT2D eigenvalue weighted by atomic mass is 16.5. The molecule has 3 rings (SSSR count). The molecule has 28 heavy (non-hydrogen) atoms. The molecule has 1 aliphatic heterocycles. The first-order valence-electron chi connectivity index (χ1n) is 9.95. The van der Waals surface area contributed by atoms with Crippen LogP contribution in [0, 0.1) is 13.8 Å². The van der Waals surface area contributed by atoms with Gasteiger partial charge in [-0.05, 0) is 62.4 Å². The number of hydrogen-bond acceptors (Lipinski definition) is 3. The van der Waals surface area contributed by atoms with Gasteiger partial charge in [-0.15, -0.1) is 0 Å². The minimum atomic E-state index is -0.175. The van der Waals surface area contributed by atoms with Gasteiger partial charge in [0.15, 0.2) is 0 Å². The van der Waals surface area contributed by atoms with Crippen LogP contribution in [0.15, 0.2) is 47.5 Å². The number of rotatable bonds is 5. The van der Waals surface area contributed by atoms with Gasteiger partial charge in [-0.3, -0.25) is 10.1 Å². The van der Waals surface area contributed by atoms with E-state index >= 15 is 0 Å². The largest absolute Gasteiger partial charge is 0.376 e. The van der Waals surface area contributed by atoms with Crippen LogP contribution >= 0.6 is 0 Å². The molecule has 2 N–H and O–H groups in total. The first-order chi connectivity index (χ1) is 13.5. The Kier molecular flexibility index (Phi) is 6.82. The maximum atomic E-state index is 12.7. The van der Waals surface area contributed by atoms with E-state index in [0.717, 1.165) is 37.1 Å². The molecule has 1 atom stereocenters. The van der Waals surface area contributed by atoms with E-state index in [4.69, 9.17) is 4.74 Å². The summed E-state index contributed by atoms with van der Waals surface area (Å²) in [4.78, 5) is 17.3. The van der Waals surface area contributed by atoms with Crippen LogP contribution in [0.1, 0.15) is 46.8 Å². The highest BCUT2D eigenvalue weighted by Crippen LogP contribution is 2.17. The number of anilines is 1. The van der Waals surface area contributed by atoms with Crippen LogP contribution in [0.2, 0.25) is 0 Å². The molecular weight excluding hydrogens is 350 g/mol. The van der Waals surface area contributed by atoms with Crippen LogP contribution in [0.25, 0.3) is 0 Å². The van der Waals surface area contributed by atoms with Gasteiger partial charge in [0, 0.05) is 17.9 Å². The number of guanidine groups is 1. The van der Waals surface area contributed by atoms with E-state index in [1.165, 1.54) is 11.1 Å². The molecule has 0 saturated carbocycles. The van der Waals surface area contributed by atoms with Gasteiger partial charge in [0.2, 0.25) is 5.96 Å². The van der Waals surface area contributed by atoms with Crippen LogP contribution in [-0.2, 0) is 11.2 Å². The SMILES string of the molecule is CCc1ccc(C(=O)NC(=NCC2CCCO2)Nc2ccc(C)cc2C)cc1. The average molecular weight is 380 g/mol. The Labute approximate surface area is 167 Å². The van der Waals surface area contributed by atoms with Crippen molar-refractivity contribution in [2.24, 2.45) is 4.99 Å². The fourth-order valence-electron chi connectivity index (χ4n) is 3.24. The van der Waals surface area contributed by atoms with Crippen molar-refractivity contribution in [2.75, 3.05) is 18.5 Å². The summed E-state index contributed by atoms with van der Waals surface area (Å²) in [6.45, 7) is 7.51. The van der Waals surface area contributed by atoms with Crippen molar-refractivity contribution >= 4 is 17.6 Å². The number of nitrogens with one attached hydrogen (secondary N) is 2. The Balaban J connectivity index is 1.75. The second kappa shape index (κ2) is 9.51. The van der Waals surface area contributed by atoms with E-state index < -0.39 is 0 Å². The van der Waals surface area contributed by atoms with E-state index in [1.54, 1.807) is 0 Å². The maximum absolute atomic E-state index is 12.7. The molecule has 5 heteroatoms. The van der Waals surface area contributed by atoms with Gasteiger partial charge in [0.25, 0.3) is 5.91 Å². The highest BCUT2D eigenvalue weighted by molar-refractivity contribution is 6.10. The summed E-state index contributed by atoms with van der Waals surface area (Å²) >= 11 is 0. The molecule has 1 fully saturated rings. The van der Waals surface area contributed by atoms with Crippen molar-refractivity contribution < 1.29 is 9.53 Å². The predicted molar refractivity (Wildman–Crippen MR) is 114 cm³/mol. The Hall–Kier alpha value is -2.66. The lowest BCUT2D eigenvalue weighted by Crippen LogP contribution is -2.37. The summed E-state index contributed by atoms with van der Waals surface area (Å²) in [5.41, 5.74) is 5.05.